The molecule has 110 valence electrons. The number of hydrogen-bond acceptors (Lipinski definition) is 1. The molecule has 0 aromatic heterocycles. The van der Waals surface area contributed by atoms with Gasteiger partial charge in [-0.2, -0.15) is 30.7 Å². The van der Waals surface area contributed by atoms with Gasteiger partial charge in [0.15, 0.2) is 0 Å². The highest BCUT2D eigenvalue weighted by Crippen LogP contribution is 2.48. The molecule has 1 nitrogen and oxygen atoms in total. The van der Waals surface area contributed by atoms with E-state index in [0.29, 0.717) is 0 Å². The molecule has 0 aliphatic rings. The molecule has 0 amide bonds. The van der Waals surface area contributed by atoms with Crippen molar-refractivity contribution < 1.29 is 35.5 Å². The van der Waals surface area contributed by atoms with Gasteiger partial charge in [-0.05, 0) is 19.5 Å². The lowest BCUT2D eigenvalue weighted by Crippen LogP contribution is -2.56. The monoisotopic (exact) mass is 340 g/mol. The Morgan fingerprint density at radius 2 is 1.33 bits per heavy atom. The van der Waals surface area contributed by atoms with Crippen molar-refractivity contribution in [3.8, 4) is 0 Å². The van der Waals surface area contributed by atoms with E-state index in [-0.39, 0.29) is 0 Å². The van der Waals surface area contributed by atoms with Crippen LogP contribution in [0.4, 0.5) is 30.7 Å². The summed E-state index contributed by atoms with van der Waals surface area (Å²) in [6.07, 6.45) is -14.2. The highest BCUT2D eigenvalue weighted by molar-refractivity contribution is 7.44. The molecule has 0 spiro atoms. The first kappa shape index (κ1) is 18.3. The predicted octanol–water partition coefficient (Wildman–Crippen LogP) is 4.73. The summed E-state index contributed by atoms with van der Waals surface area (Å²) in [4.78, 5) is 0. The minimum absolute atomic E-state index is 0.478. The molecule has 0 aliphatic heterocycles. The molecule has 1 atom stereocenters. The molecule has 0 aromatic carbocycles. The maximum atomic E-state index is 13.1. The van der Waals surface area contributed by atoms with Crippen molar-refractivity contribution in [3.63, 3.8) is 0 Å². The van der Waals surface area contributed by atoms with Crippen LogP contribution in [0.1, 0.15) is 6.92 Å². The number of alkyl halides is 7. The number of rotatable bonds is 4. The van der Waals surface area contributed by atoms with Gasteiger partial charge in [-0.15, -0.1) is 22.2 Å². The predicted molar refractivity (Wildman–Crippen MR) is 54.6 cm³/mol. The van der Waals surface area contributed by atoms with Crippen molar-refractivity contribution in [2.24, 2.45) is 0 Å². The molecular formula is C7H9Cl2F7OSi. The van der Waals surface area contributed by atoms with Crippen LogP contribution in [0.5, 0.6) is 0 Å². The van der Waals surface area contributed by atoms with E-state index in [4.69, 9.17) is 22.2 Å². The molecule has 0 N–H and O–H groups in total. The minimum Gasteiger partial charge on any atom is -0.329 e. The summed E-state index contributed by atoms with van der Waals surface area (Å²) in [5.41, 5.74) is 0. The third-order valence-electron chi connectivity index (χ3n) is 1.74. The summed E-state index contributed by atoms with van der Waals surface area (Å²) < 4.78 is 89.3. The van der Waals surface area contributed by atoms with Gasteiger partial charge in [0, 0.05) is 0 Å². The van der Waals surface area contributed by atoms with Crippen molar-refractivity contribution in [2.45, 2.75) is 43.8 Å². The molecule has 0 heterocycles. The minimum atomic E-state index is -6.24. The topological polar surface area (TPSA) is 9.23 Å². The zero-order valence-electron chi connectivity index (χ0n) is 9.09. The van der Waals surface area contributed by atoms with E-state index >= 15 is 0 Å². The molecule has 0 saturated carbocycles. The second-order valence-electron chi connectivity index (χ2n) is 3.79. The van der Waals surface area contributed by atoms with Gasteiger partial charge in [0.2, 0.25) is 0 Å². The summed E-state index contributed by atoms with van der Waals surface area (Å²) in [5, 5.41) is 0. The zero-order valence-corrected chi connectivity index (χ0v) is 11.6. The van der Waals surface area contributed by atoms with Gasteiger partial charge in [-0.1, -0.05) is 0 Å². The third-order valence-corrected chi connectivity index (χ3v) is 3.96. The van der Waals surface area contributed by atoms with E-state index in [1.165, 1.54) is 6.55 Å². The van der Waals surface area contributed by atoms with Crippen molar-refractivity contribution in [1.82, 2.24) is 0 Å². The van der Waals surface area contributed by atoms with Gasteiger partial charge < -0.3 is 4.74 Å². The summed E-state index contributed by atoms with van der Waals surface area (Å²) in [6, 6.07) is -0.478. The normalized spacial score (nSPS) is 16.8. The number of halogens is 9. The zero-order chi connectivity index (χ0) is 15.0. The van der Waals surface area contributed by atoms with Crippen LogP contribution in [0.2, 0.25) is 12.6 Å². The Kier molecular flexibility index (Phi) is 5.41. The van der Waals surface area contributed by atoms with Gasteiger partial charge in [0.25, 0.3) is 6.69 Å². The van der Waals surface area contributed by atoms with Gasteiger partial charge in [-0.3, -0.25) is 0 Å². The standard InChI is InChI=1S/C7H9Cl2F7OSi/c1-4(3-18(2,8)9)17-5(10,6(11,12)13)7(14,15)16/h4H,3H2,1-2H3. The SMILES string of the molecule is CC(C[Si](C)(Cl)Cl)OC(F)(C(F)(F)F)C(F)(F)F. The van der Waals surface area contributed by atoms with E-state index in [1.54, 1.807) is 0 Å². The fourth-order valence-electron chi connectivity index (χ4n) is 1.12. The Labute approximate surface area is 109 Å². The summed E-state index contributed by atoms with van der Waals surface area (Å²) >= 11 is 11.0. The second-order valence-corrected chi connectivity index (χ2v) is 11.9. The first-order valence-electron chi connectivity index (χ1n) is 4.48. The maximum Gasteiger partial charge on any atom is 0.458 e. The largest absolute Gasteiger partial charge is 0.458 e. The highest BCUT2D eigenvalue weighted by Gasteiger charge is 2.75. The van der Waals surface area contributed by atoms with Crippen LogP contribution < -0.4 is 0 Å². The van der Waals surface area contributed by atoms with Crippen LogP contribution in [-0.2, 0) is 4.74 Å². The molecule has 1 unspecified atom stereocenters. The molecule has 0 fully saturated rings. The van der Waals surface area contributed by atoms with E-state index in [9.17, 15) is 30.7 Å². The molecule has 0 bridgehead atoms. The summed E-state index contributed by atoms with van der Waals surface area (Å²) in [6.45, 7) is -0.924. The Balaban J connectivity index is 5.07. The smallest absolute Gasteiger partial charge is 0.329 e. The lowest BCUT2D eigenvalue weighted by Gasteiger charge is -2.32. The van der Waals surface area contributed by atoms with Crippen LogP contribution in [0, 0.1) is 0 Å². The van der Waals surface area contributed by atoms with Crippen LogP contribution in [0.15, 0.2) is 0 Å². The Bertz CT molecular complexity index is 271. The number of ether oxygens (including phenoxy) is 1. The summed E-state index contributed by atoms with van der Waals surface area (Å²) in [5.74, 6) is -5.73. The highest BCUT2D eigenvalue weighted by atomic mass is 35.7. The third kappa shape index (κ3) is 4.75. The van der Waals surface area contributed by atoms with Crippen molar-refractivity contribution in [3.05, 3.63) is 0 Å². The molecule has 11 heteroatoms. The number of hydrogen-bond donors (Lipinski definition) is 0. The molecular weight excluding hydrogens is 332 g/mol. The van der Waals surface area contributed by atoms with Crippen LogP contribution >= 0.6 is 22.2 Å². The Hall–Kier alpha value is 0.267. The van der Waals surface area contributed by atoms with E-state index in [0.717, 1.165) is 6.92 Å². The quantitative estimate of drug-likeness (QED) is 0.408. The maximum absolute atomic E-state index is 13.1. The van der Waals surface area contributed by atoms with Crippen LogP contribution in [0.3, 0.4) is 0 Å². The molecule has 0 aromatic rings. The first-order chi connectivity index (χ1) is 7.60. The fourth-order valence-corrected chi connectivity index (χ4v) is 3.51. The Morgan fingerprint density at radius 1 is 1.00 bits per heavy atom. The average molecular weight is 341 g/mol. The Morgan fingerprint density at radius 3 is 1.56 bits per heavy atom. The summed E-state index contributed by atoms with van der Waals surface area (Å²) in [7, 11) is 0. The van der Waals surface area contributed by atoms with Gasteiger partial charge in [-0.25, -0.2) is 0 Å². The van der Waals surface area contributed by atoms with Crippen molar-refractivity contribution in [2.75, 3.05) is 0 Å². The lowest BCUT2D eigenvalue weighted by molar-refractivity contribution is -0.436. The van der Waals surface area contributed by atoms with Gasteiger partial charge in [0.1, 0.15) is 0 Å². The molecule has 0 radical (unpaired) electrons. The van der Waals surface area contributed by atoms with Crippen molar-refractivity contribution in [1.29, 1.82) is 0 Å². The van der Waals surface area contributed by atoms with E-state index < -0.39 is 37.0 Å². The molecule has 0 aliphatic carbocycles. The molecule has 18 heavy (non-hydrogen) atoms. The lowest BCUT2D eigenvalue weighted by atomic mass is 10.2. The van der Waals surface area contributed by atoms with Crippen molar-refractivity contribution >= 4 is 28.9 Å². The average Bonchev–Trinajstić information content (AvgIpc) is 1.94. The van der Waals surface area contributed by atoms with Gasteiger partial charge in [0.05, 0.1) is 6.10 Å². The fraction of sp³-hybridized carbons (Fsp3) is 1.00. The molecule has 0 rings (SSSR count). The first-order valence-corrected chi connectivity index (χ1v) is 9.21. The van der Waals surface area contributed by atoms with Crippen LogP contribution in [-0.4, -0.2) is 31.0 Å². The van der Waals surface area contributed by atoms with Crippen LogP contribution in [0.25, 0.3) is 0 Å². The van der Waals surface area contributed by atoms with E-state index in [2.05, 4.69) is 4.74 Å². The van der Waals surface area contributed by atoms with E-state index in [1.807, 2.05) is 0 Å². The second kappa shape index (κ2) is 5.33. The molecule has 0 saturated heterocycles. The van der Waals surface area contributed by atoms with Gasteiger partial charge >= 0.3 is 18.2 Å².